The van der Waals surface area contributed by atoms with Crippen LogP contribution >= 0.6 is 0 Å². The minimum atomic E-state index is -4.47. The van der Waals surface area contributed by atoms with Crippen LogP contribution in [-0.2, 0) is 20.4 Å². The fourth-order valence-corrected chi connectivity index (χ4v) is 4.03. The average Bonchev–Trinajstić information content (AvgIpc) is 2.84. The highest BCUT2D eigenvalue weighted by atomic mass is 19.4. The lowest BCUT2D eigenvalue weighted by Gasteiger charge is -2.35. The van der Waals surface area contributed by atoms with Crippen molar-refractivity contribution in [3.8, 4) is 0 Å². The van der Waals surface area contributed by atoms with Crippen molar-refractivity contribution in [1.29, 1.82) is 0 Å². The van der Waals surface area contributed by atoms with E-state index >= 15 is 0 Å². The van der Waals surface area contributed by atoms with E-state index in [0.29, 0.717) is 32.6 Å². The summed E-state index contributed by atoms with van der Waals surface area (Å²) in [6.45, 7) is 4.91. The van der Waals surface area contributed by atoms with Gasteiger partial charge in [0.25, 0.3) is 0 Å². The van der Waals surface area contributed by atoms with E-state index in [9.17, 15) is 27.9 Å². The number of anilines is 1. The Morgan fingerprint density at radius 1 is 1.17 bits per heavy atom. The molecule has 1 aromatic carbocycles. The van der Waals surface area contributed by atoms with E-state index in [-0.39, 0.29) is 42.7 Å². The van der Waals surface area contributed by atoms with Gasteiger partial charge in [-0.2, -0.15) is 13.2 Å². The Morgan fingerprint density at radius 2 is 1.77 bits per heavy atom. The lowest BCUT2D eigenvalue weighted by Crippen LogP contribution is -2.49. The summed E-state index contributed by atoms with van der Waals surface area (Å²) in [7, 11) is 3.26. The zero-order valence-electron chi connectivity index (χ0n) is 20.7. The zero-order chi connectivity index (χ0) is 26.2. The molecule has 0 aliphatic carbocycles. The Bertz CT molecular complexity index is 816. The van der Waals surface area contributed by atoms with E-state index in [1.165, 1.54) is 24.1 Å². The molecule has 1 saturated heterocycles. The highest BCUT2D eigenvalue weighted by Gasteiger charge is 2.31. The number of methoxy groups -OCH3 is 1. The molecule has 0 unspecified atom stereocenters. The summed E-state index contributed by atoms with van der Waals surface area (Å²) in [6.07, 6.45) is -3.48. The molecule has 0 radical (unpaired) electrons. The van der Waals surface area contributed by atoms with Crippen molar-refractivity contribution in [2.45, 2.75) is 45.0 Å². The molecule has 0 saturated carbocycles. The van der Waals surface area contributed by atoms with Gasteiger partial charge in [0, 0.05) is 58.0 Å². The van der Waals surface area contributed by atoms with E-state index in [2.05, 4.69) is 5.32 Å². The molecule has 198 valence electrons. The Labute approximate surface area is 204 Å². The zero-order valence-corrected chi connectivity index (χ0v) is 20.7. The van der Waals surface area contributed by atoms with Gasteiger partial charge in [-0.25, -0.2) is 4.79 Å². The van der Waals surface area contributed by atoms with Gasteiger partial charge in [-0.05, 0) is 44.0 Å². The number of benzene rings is 1. The van der Waals surface area contributed by atoms with Crippen LogP contribution in [-0.4, -0.2) is 86.1 Å². The SMILES string of the molecule is CO[C@@H](CN(C)C(=O)C1CCOCC1)[C@@H](C)CN(C(=O)Nc1ccc(C(F)(F)F)cc1)[C@H](C)CO. The van der Waals surface area contributed by atoms with Crippen molar-refractivity contribution in [2.24, 2.45) is 11.8 Å². The minimum Gasteiger partial charge on any atom is -0.394 e. The van der Waals surface area contributed by atoms with Crippen molar-refractivity contribution < 1.29 is 37.3 Å². The maximum absolute atomic E-state index is 12.9. The van der Waals surface area contributed by atoms with Crippen molar-refractivity contribution >= 4 is 17.6 Å². The Kier molecular flexibility index (Phi) is 10.8. The van der Waals surface area contributed by atoms with Gasteiger partial charge in [0.2, 0.25) is 5.91 Å². The van der Waals surface area contributed by atoms with Crippen LogP contribution in [0.5, 0.6) is 0 Å². The number of aliphatic hydroxyl groups excluding tert-OH is 1. The van der Waals surface area contributed by atoms with Gasteiger partial charge in [-0.3, -0.25) is 4.79 Å². The molecule has 3 atom stereocenters. The first-order valence-corrected chi connectivity index (χ1v) is 11.7. The van der Waals surface area contributed by atoms with Gasteiger partial charge in [0.1, 0.15) is 0 Å². The Balaban J connectivity index is 2.03. The number of halogens is 3. The number of alkyl halides is 3. The topological polar surface area (TPSA) is 91.3 Å². The third-order valence-corrected chi connectivity index (χ3v) is 6.34. The van der Waals surface area contributed by atoms with E-state index in [4.69, 9.17) is 9.47 Å². The molecule has 1 aromatic rings. The number of amides is 3. The normalized spacial score (nSPS) is 17.4. The standard InChI is InChI=1S/C24H36F3N3O5/c1-16(21(34-4)14-29(3)22(32)18-9-11-35-12-10-18)13-30(17(2)15-31)23(33)28-20-7-5-19(6-8-20)24(25,26)27/h5-8,16-18,21,31H,9-15H2,1-4H3,(H,28,33)/t16-,17+,21-/m0/s1. The van der Waals surface area contributed by atoms with Crippen molar-refractivity contribution in [1.82, 2.24) is 9.80 Å². The largest absolute Gasteiger partial charge is 0.416 e. The van der Waals surface area contributed by atoms with Crippen LogP contribution in [0, 0.1) is 11.8 Å². The molecular weight excluding hydrogens is 467 g/mol. The van der Waals surface area contributed by atoms with Crippen LogP contribution in [0.15, 0.2) is 24.3 Å². The molecule has 1 aliphatic rings. The van der Waals surface area contributed by atoms with Crippen LogP contribution in [0.4, 0.5) is 23.7 Å². The average molecular weight is 504 g/mol. The third-order valence-electron chi connectivity index (χ3n) is 6.34. The van der Waals surface area contributed by atoms with Gasteiger partial charge in [0.05, 0.1) is 24.3 Å². The number of ether oxygens (including phenoxy) is 2. The van der Waals surface area contributed by atoms with Crippen molar-refractivity contribution in [3.05, 3.63) is 29.8 Å². The number of urea groups is 1. The smallest absolute Gasteiger partial charge is 0.394 e. The van der Waals surface area contributed by atoms with Crippen molar-refractivity contribution in [2.75, 3.05) is 52.4 Å². The fourth-order valence-electron chi connectivity index (χ4n) is 4.03. The van der Waals surface area contributed by atoms with Crippen molar-refractivity contribution in [3.63, 3.8) is 0 Å². The first-order valence-electron chi connectivity index (χ1n) is 11.7. The molecule has 0 aromatic heterocycles. The monoisotopic (exact) mass is 503 g/mol. The van der Waals surface area contributed by atoms with Crippen LogP contribution in [0.1, 0.15) is 32.3 Å². The summed E-state index contributed by atoms with van der Waals surface area (Å²) >= 11 is 0. The molecule has 3 amide bonds. The summed E-state index contributed by atoms with van der Waals surface area (Å²) in [4.78, 5) is 28.8. The van der Waals surface area contributed by atoms with Crippen LogP contribution in [0.25, 0.3) is 0 Å². The first kappa shape index (κ1) is 28.9. The molecule has 1 heterocycles. The summed E-state index contributed by atoms with van der Waals surface area (Å²) in [5.41, 5.74) is -0.608. The number of hydrogen-bond donors (Lipinski definition) is 2. The van der Waals surface area contributed by atoms with Gasteiger partial charge in [-0.1, -0.05) is 6.92 Å². The summed E-state index contributed by atoms with van der Waals surface area (Å²) in [5.74, 6) is -0.262. The number of rotatable bonds is 10. The Hall–Kier alpha value is -2.37. The summed E-state index contributed by atoms with van der Waals surface area (Å²) < 4.78 is 49.3. The molecule has 1 fully saturated rings. The molecular formula is C24H36F3N3O5. The fraction of sp³-hybridized carbons (Fsp3) is 0.667. The first-order chi connectivity index (χ1) is 16.5. The molecule has 0 spiro atoms. The molecule has 35 heavy (non-hydrogen) atoms. The highest BCUT2D eigenvalue weighted by Crippen LogP contribution is 2.30. The molecule has 2 N–H and O–H groups in total. The van der Waals surface area contributed by atoms with E-state index in [0.717, 1.165) is 12.1 Å². The van der Waals surface area contributed by atoms with Crippen LogP contribution in [0.2, 0.25) is 0 Å². The minimum absolute atomic E-state index is 0.0307. The number of hydrogen-bond acceptors (Lipinski definition) is 5. The number of aliphatic hydroxyl groups is 1. The lowest BCUT2D eigenvalue weighted by atomic mass is 9.97. The predicted molar refractivity (Wildman–Crippen MR) is 125 cm³/mol. The molecule has 0 bridgehead atoms. The van der Waals surface area contributed by atoms with Gasteiger partial charge in [0.15, 0.2) is 0 Å². The van der Waals surface area contributed by atoms with Crippen LogP contribution < -0.4 is 5.32 Å². The number of carbonyl (C=O) groups is 2. The van der Waals surface area contributed by atoms with Gasteiger partial charge < -0.3 is 29.7 Å². The Morgan fingerprint density at radius 3 is 2.29 bits per heavy atom. The lowest BCUT2D eigenvalue weighted by molar-refractivity contribution is -0.139. The highest BCUT2D eigenvalue weighted by molar-refractivity contribution is 5.89. The summed E-state index contributed by atoms with van der Waals surface area (Å²) in [5, 5.41) is 12.3. The number of nitrogens with zero attached hydrogens (tertiary/aromatic N) is 2. The van der Waals surface area contributed by atoms with E-state index in [1.54, 1.807) is 18.9 Å². The maximum Gasteiger partial charge on any atom is 0.416 e. The van der Waals surface area contributed by atoms with Gasteiger partial charge >= 0.3 is 12.2 Å². The number of carbonyl (C=O) groups excluding carboxylic acids is 2. The maximum atomic E-state index is 12.9. The predicted octanol–water partition coefficient (Wildman–Crippen LogP) is 3.46. The number of nitrogens with one attached hydrogen (secondary N) is 1. The molecule has 11 heteroatoms. The molecule has 8 nitrogen and oxygen atoms in total. The van der Waals surface area contributed by atoms with E-state index in [1.807, 2.05) is 6.92 Å². The molecule has 2 rings (SSSR count). The second-order valence-electron chi connectivity index (χ2n) is 9.05. The van der Waals surface area contributed by atoms with E-state index < -0.39 is 23.8 Å². The number of likely N-dealkylation sites (N-methyl/N-ethyl adjacent to an activating group) is 1. The second-order valence-corrected chi connectivity index (χ2v) is 9.05. The molecule has 1 aliphatic heterocycles. The third kappa shape index (κ3) is 8.36. The van der Waals surface area contributed by atoms with Crippen LogP contribution in [0.3, 0.4) is 0 Å². The quantitative estimate of drug-likeness (QED) is 0.510. The second kappa shape index (κ2) is 13.1. The summed E-state index contributed by atoms with van der Waals surface area (Å²) in [6, 6.07) is 3.04. The van der Waals surface area contributed by atoms with Gasteiger partial charge in [-0.15, -0.1) is 0 Å².